The summed E-state index contributed by atoms with van der Waals surface area (Å²) in [6.07, 6.45) is 3.53. The molecule has 1 N–H and O–H groups in total. The van der Waals surface area contributed by atoms with Crippen molar-refractivity contribution in [2.45, 2.75) is 12.8 Å². The first kappa shape index (κ1) is 12.1. The molecular formula is C10H13NO5S. The molecule has 2 rings (SSSR count). The van der Waals surface area contributed by atoms with Gasteiger partial charge < -0.3 is 9.63 Å². The lowest BCUT2D eigenvalue weighted by Gasteiger charge is -2.16. The summed E-state index contributed by atoms with van der Waals surface area (Å²) in [7, 11) is -3.06. The van der Waals surface area contributed by atoms with Gasteiger partial charge in [-0.2, -0.15) is 0 Å². The van der Waals surface area contributed by atoms with Crippen LogP contribution in [0, 0.1) is 11.8 Å². The van der Waals surface area contributed by atoms with Gasteiger partial charge in [0.05, 0.1) is 23.6 Å². The summed E-state index contributed by atoms with van der Waals surface area (Å²) in [5, 5.41) is 12.7. The third-order valence-electron chi connectivity index (χ3n) is 3.09. The maximum absolute atomic E-state index is 11.3. The van der Waals surface area contributed by atoms with Crippen LogP contribution in [0.1, 0.15) is 12.0 Å². The number of rotatable bonds is 4. The van der Waals surface area contributed by atoms with Crippen molar-refractivity contribution < 1.29 is 22.8 Å². The third-order valence-corrected chi connectivity index (χ3v) is 4.89. The van der Waals surface area contributed by atoms with Crippen molar-refractivity contribution in [3.63, 3.8) is 0 Å². The average molecular weight is 259 g/mol. The van der Waals surface area contributed by atoms with Crippen LogP contribution in [0.3, 0.4) is 0 Å². The van der Waals surface area contributed by atoms with Gasteiger partial charge in [-0.05, 0) is 18.8 Å². The Morgan fingerprint density at radius 1 is 1.65 bits per heavy atom. The minimum Gasteiger partial charge on any atom is -0.481 e. The standard InChI is InChI=1S/C10H13NO5S/c12-10(13)9(3-7-4-11-16-5-7)8-1-2-17(14,15)6-8/h4-5,8-9H,1-3,6H2,(H,12,13). The predicted octanol–water partition coefficient (Wildman–Crippen LogP) is 0.353. The molecule has 0 amide bonds. The van der Waals surface area contributed by atoms with E-state index in [1.165, 1.54) is 12.5 Å². The smallest absolute Gasteiger partial charge is 0.307 e. The van der Waals surface area contributed by atoms with Crippen molar-refractivity contribution in [1.82, 2.24) is 5.16 Å². The van der Waals surface area contributed by atoms with Crippen molar-refractivity contribution >= 4 is 15.8 Å². The van der Waals surface area contributed by atoms with E-state index >= 15 is 0 Å². The summed E-state index contributed by atoms with van der Waals surface area (Å²) < 4.78 is 27.3. The summed E-state index contributed by atoms with van der Waals surface area (Å²) in [5.41, 5.74) is 0.682. The number of hydrogen-bond acceptors (Lipinski definition) is 5. The van der Waals surface area contributed by atoms with Gasteiger partial charge in [0.15, 0.2) is 9.84 Å². The van der Waals surface area contributed by atoms with Crippen LogP contribution in [0.15, 0.2) is 17.0 Å². The van der Waals surface area contributed by atoms with Crippen LogP contribution < -0.4 is 0 Å². The highest BCUT2D eigenvalue weighted by Crippen LogP contribution is 2.28. The Morgan fingerprint density at radius 3 is 2.88 bits per heavy atom. The molecule has 2 heterocycles. The average Bonchev–Trinajstić information content (AvgIpc) is 2.83. The molecule has 1 saturated heterocycles. The summed E-state index contributed by atoms with van der Waals surface area (Å²) >= 11 is 0. The van der Waals surface area contributed by atoms with E-state index in [0.717, 1.165) is 0 Å². The first-order valence-electron chi connectivity index (χ1n) is 5.29. The van der Waals surface area contributed by atoms with Gasteiger partial charge in [0, 0.05) is 5.56 Å². The van der Waals surface area contributed by atoms with Crippen molar-refractivity contribution in [3.8, 4) is 0 Å². The van der Waals surface area contributed by atoms with Crippen molar-refractivity contribution in [2.24, 2.45) is 11.8 Å². The van der Waals surface area contributed by atoms with E-state index in [4.69, 9.17) is 5.11 Å². The van der Waals surface area contributed by atoms with Gasteiger partial charge in [0.25, 0.3) is 0 Å². The Hall–Kier alpha value is -1.37. The fourth-order valence-corrected chi connectivity index (χ4v) is 4.06. The van der Waals surface area contributed by atoms with E-state index in [2.05, 4.69) is 9.68 Å². The van der Waals surface area contributed by atoms with Gasteiger partial charge in [0.2, 0.25) is 0 Å². The van der Waals surface area contributed by atoms with Crippen LogP contribution in [0.2, 0.25) is 0 Å². The first-order chi connectivity index (χ1) is 7.98. The Bertz CT molecular complexity index is 493. The van der Waals surface area contributed by atoms with E-state index in [1.807, 2.05) is 0 Å². The second-order valence-electron chi connectivity index (χ2n) is 4.34. The number of hydrogen-bond donors (Lipinski definition) is 1. The highest BCUT2D eigenvalue weighted by atomic mass is 32.2. The SMILES string of the molecule is O=C(O)C(Cc1cnoc1)C1CCS(=O)(=O)C1. The Balaban J connectivity index is 2.11. The minimum atomic E-state index is -3.06. The molecule has 6 nitrogen and oxygen atoms in total. The van der Waals surface area contributed by atoms with Crippen LogP contribution in [-0.4, -0.2) is 36.2 Å². The highest BCUT2D eigenvalue weighted by molar-refractivity contribution is 7.91. The lowest BCUT2D eigenvalue weighted by Crippen LogP contribution is -2.26. The lowest BCUT2D eigenvalue weighted by molar-refractivity contribution is -0.143. The molecule has 0 aromatic carbocycles. The normalized spacial score (nSPS) is 24.6. The zero-order valence-corrected chi connectivity index (χ0v) is 9.89. The molecule has 0 radical (unpaired) electrons. The van der Waals surface area contributed by atoms with Gasteiger partial charge in [-0.25, -0.2) is 8.42 Å². The minimum absolute atomic E-state index is 0.0325. The van der Waals surface area contributed by atoms with Gasteiger partial charge in [-0.3, -0.25) is 4.79 Å². The number of aromatic nitrogens is 1. The molecule has 7 heteroatoms. The van der Waals surface area contributed by atoms with Gasteiger partial charge in [-0.1, -0.05) is 5.16 Å². The fourth-order valence-electron chi connectivity index (χ4n) is 2.18. The number of nitrogens with zero attached hydrogens (tertiary/aromatic N) is 1. The topological polar surface area (TPSA) is 97.5 Å². The molecule has 94 valence electrons. The van der Waals surface area contributed by atoms with Crippen LogP contribution in [0.25, 0.3) is 0 Å². The maximum atomic E-state index is 11.3. The predicted molar refractivity (Wildman–Crippen MR) is 58.1 cm³/mol. The lowest BCUT2D eigenvalue weighted by atomic mass is 9.87. The van der Waals surface area contributed by atoms with Gasteiger partial charge >= 0.3 is 5.97 Å². The Morgan fingerprint density at radius 2 is 2.41 bits per heavy atom. The second kappa shape index (κ2) is 4.48. The molecular weight excluding hydrogens is 246 g/mol. The van der Waals surface area contributed by atoms with Crippen LogP contribution in [0.4, 0.5) is 0 Å². The van der Waals surface area contributed by atoms with E-state index in [1.54, 1.807) is 0 Å². The third kappa shape index (κ3) is 2.85. The largest absolute Gasteiger partial charge is 0.481 e. The van der Waals surface area contributed by atoms with E-state index < -0.39 is 21.7 Å². The number of sulfone groups is 1. The second-order valence-corrected chi connectivity index (χ2v) is 6.57. The van der Waals surface area contributed by atoms with E-state index in [-0.39, 0.29) is 23.8 Å². The molecule has 1 aromatic rings. The highest BCUT2D eigenvalue weighted by Gasteiger charge is 2.37. The monoisotopic (exact) mass is 259 g/mol. The summed E-state index contributed by atoms with van der Waals surface area (Å²) in [6.45, 7) is 0. The quantitative estimate of drug-likeness (QED) is 0.838. The summed E-state index contributed by atoms with van der Waals surface area (Å²) in [5.74, 6) is -1.91. The molecule has 1 fully saturated rings. The summed E-state index contributed by atoms with van der Waals surface area (Å²) in [6, 6.07) is 0. The van der Waals surface area contributed by atoms with Crippen molar-refractivity contribution in [1.29, 1.82) is 0 Å². The van der Waals surface area contributed by atoms with Crippen molar-refractivity contribution in [2.75, 3.05) is 11.5 Å². The maximum Gasteiger partial charge on any atom is 0.307 e. The van der Waals surface area contributed by atoms with Crippen LogP contribution >= 0.6 is 0 Å². The van der Waals surface area contributed by atoms with Crippen molar-refractivity contribution in [3.05, 3.63) is 18.0 Å². The molecule has 0 spiro atoms. The van der Waals surface area contributed by atoms with E-state index in [9.17, 15) is 13.2 Å². The number of carboxylic acids is 1. The van der Waals surface area contributed by atoms with Gasteiger partial charge in [0.1, 0.15) is 6.26 Å². The fraction of sp³-hybridized carbons (Fsp3) is 0.600. The molecule has 1 aliphatic heterocycles. The molecule has 0 saturated carbocycles. The number of aliphatic carboxylic acids is 1. The Labute approximate surface area is 98.5 Å². The van der Waals surface area contributed by atoms with Crippen LogP contribution in [0.5, 0.6) is 0 Å². The van der Waals surface area contributed by atoms with E-state index in [0.29, 0.717) is 12.0 Å². The Kier molecular flexibility index (Phi) is 3.19. The summed E-state index contributed by atoms with van der Waals surface area (Å²) in [4.78, 5) is 11.2. The number of carboxylic acid groups (broad SMARTS) is 1. The van der Waals surface area contributed by atoms with Gasteiger partial charge in [-0.15, -0.1) is 0 Å². The molecule has 1 aromatic heterocycles. The zero-order valence-electron chi connectivity index (χ0n) is 9.07. The molecule has 17 heavy (non-hydrogen) atoms. The van der Waals surface area contributed by atoms with Crippen LogP contribution in [-0.2, 0) is 21.1 Å². The molecule has 0 aliphatic carbocycles. The first-order valence-corrected chi connectivity index (χ1v) is 7.11. The zero-order chi connectivity index (χ0) is 12.5. The molecule has 2 unspecified atom stereocenters. The molecule has 0 bridgehead atoms. The number of carbonyl (C=O) groups is 1. The molecule has 2 atom stereocenters. The molecule has 1 aliphatic rings.